The zero-order valence-electron chi connectivity index (χ0n) is 24.1. The Hall–Kier alpha value is -2.28. The van der Waals surface area contributed by atoms with Crippen LogP contribution in [0.5, 0.6) is 5.75 Å². The number of morpholine rings is 2. The molecule has 2 saturated heterocycles. The van der Waals surface area contributed by atoms with E-state index in [0.29, 0.717) is 77.7 Å². The number of benzene rings is 1. The Morgan fingerprint density at radius 3 is 2.05 bits per heavy atom. The molecule has 3 aliphatic rings. The number of nitrogens with one attached hydrogen (secondary N) is 1. The van der Waals surface area contributed by atoms with Crippen molar-refractivity contribution in [1.82, 2.24) is 15.1 Å². The molecular formula is C29H45N3O8. The quantitative estimate of drug-likeness (QED) is 0.394. The molecule has 1 aromatic rings. The van der Waals surface area contributed by atoms with Gasteiger partial charge >= 0.3 is 0 Å². The summed E-state index contributed by atoms with van der Waals surface area (Å²) in [6, 6.07) is 5.84. The second kappa shape index (κ2) is 14.6. The summed E-state index contributed by atoms with van der Waals surface area (Å²) in [5, 5.41) is 13.7. The van der Waals surface area contributed by atoms with E-state index in [1.807, 2.05) is 39.0 Å². The fourth-order valence-corrected chi connectivity index (χ4v) is 5.02. The minimum atomic E-state index is -0.667. The zero-order valence-corrected chi connectivity index (χ0v) is 24.1. The van der Waals surface area contributed by atoms with Crippen LogP contribution in [-0.2, 0) is 41.4 Å². The third kappa shape index (κ3) is 9.12. The molecule has 4 rings (SSSR count). The Balaban J connectivity index is 1.41. The average molecular weight is 564 g/mol. The molecule has 0 aromatic heterocycles. The fourth-order valence-electron chi connectivity index (χ4n) is 5.02. The number of hydrogen-bond acceptors (Lipinski definition) is 9. The van der Waals surface area contributed by atoms with Crippen molar-refractivity contribution in [2.45, 2.75) is 57.5 Å². The summed E-state index contributed by atoms with van der Waals surface area (Å²) >= 11 is 0. The first-order chi connectivity index (χ1) is 19.2. The van der Waals surface area contributed by atoms with Gasteiger partial charge in [-0.3, -0.25) is 9.59 Å². The van der Waals surface area contributed by atoms with Crippen LogP contribution in [0.15, 0.2) is 18.2 Å². The maximum absolute atomic E-state index is 12.8. The number of carbonyl (C=O) groups is 2. The van der Waals surface area contributed by atoms with E-state index in [-0.39, 0.29) is 37.2 Å². The van der Waals surface area contributed by atoms with Crippen molar-refractivity contribution in [3.8, 4) is 5.75 Å². The van der Waals surface area contributed by atoms with Crippen LogP contribution in [0.25, 0.3) is 0 Å². The van der Waals surface area contributed by atoms with Gasteiger partial charge in [0.25, 0.3) is 0 Å². The summed E-state index contributed by atoms with van der Waals surface area (Å²) in [5.41, 5.74) is 1.92. The highest BCUT2D eigenvalue weighted by Gasteiger charge is 2.34. The molecule has 2 amide bonds. The van der Waals surface area contributed by atoms with Gasteiger partial charge in [0.1, 0.15) is 31.7 Å². The lowest BCUT2D eigenvalue weighted by molar-refractivity contribution is -0.153. The van der Waals surface area contributed by atoms with Gasteiger partial charge in [-0.25, -0.2) is 0 Å². The molecule has 2 N–H and O–H groups in total. The smallest absolute Gasteiger partial charge is 0.248 e. The second-order valence-corrected chi connectivity index (χ2v) is 11.6. The summed E-state index contributed by atoms with van der Waals surface area (Å²) in [4.78, 5) is 29.1. The molecule has 224 valence electrons. The van der Waals surface area contributed by atoms with E-state index < -0.39 is 18.3 Å². The van der Waals surface area contributed by atoms with E-state index in [4.69, 9.17) is 23.7 Å². The van der Waals surface area contributed by atoms with E-state index in [0.717, 1.165) is 11.1 Å². The van der Waals surface area contributed by atoms with Crippen LogP contribution in [-0.4, -0.2) is 130 Å². The van der Waals surface area contributed by atoms with Gasteiger partial charge < -0.3 is 43.9 Å². The lowest BCUT2D eigenvalue weighted by atomic mass is 9.87. The van der Waals surface area contributed by atoms with Gasteiger partial charge in [0.2, 0.25) is 11.8 Å². The Morgan fingerprint density at radius 1 is 0.950 bits per heavy atom. The van der Waals surface area contributed by atoms with E-state index in [2.05, 4.69) is 5.32 Å². The maximum Gasteiger partial charge on any atom is 0.248 e. The number of ether oxygens (including phenoxy) is 5. The number of rotatable bonds is 11. The molecule has 2 heterocycles. The van der Waals surface area contributed by atoms with Crippen molar-refractivity contribution in [1.29, 1.82) is 0 Å². The number of aliphatic hydroxyl groups is 1. The molecular weight excluding hydrogens is 518 g/mol. The van der Waals surface area contributed by atoms with Gasteiger partial charge in [0, 0.05) is 56.7 Å². The van der Waals surface area contributed by atoms with E-state index >= 15 is 0 Å². The van der Waals surface area contributed by atoms with Crippen molar-refractivity contribution in [3.63, 3.8) is 0 Å². The first-order valence-corrected chi connectivity index (χ1v) is 14.3. The molecule has 3 atom stereocenters. The monoisotopic (exact) mass is 563 g/mol. The molecule has 0 spiro atoms. The normalized spacial score (nSPS) is 22.5. The minimum absolute atomic E-state index is 0.0551. The number of β-amino-alcohol motifs (C(OH)–C–C–N with tert-alkyl or cyclic N) is 1. The average Bonchev–Trinajstić information content (AvgIpc) is 2.96. The molecule has 11 heteroatoms. The summed E-state index contributed by atoms with van der Waals surface area (Å²) in [7, 11) is 0. The zero-order chi connectivity index (χ0) is 28.5. The van der Waals surface area contributed by atoms with Crippen LogP contribution in [0.1, 0.15) is 31.9 Å². The van der Waals surface area contributed by atoms with Crippen LogP contribution in [0.2, 0.25) is 0 Å². The van der Waals surface area contributed by atoms with Gasteiger partial charge in [-0.15, -0.1) is 0 Å². The highest BCUT2D eigenvalue weighted by Crippen LogP contribution is 2.32. The van der Waals surface area contributed by atoms with Crippen molar-refractivity contribution in [3.05, 3.63) is 29.3 Å². The predicted molar refractivity (Wildman–Crippen MR) is 147 cm³/mol. The number of amides is 2. The summed E-state index contributed by atoms with van der Waals surface area (Å²) < 4.78 is 29.1. The molecule has 1 aliphatic carbocycles. The van der Waals surface area contributed by atoms with Crippen molar-refractivity contribution < 1.29 is 38.4 Å². The molecule has 40 heavy (non-hydrogen) atoms. The number of carbonyl (C=O) groups excluding carboxylic acids is 2. The van der Waals surface area contributed by atoms with E-state index in [9.17, 15) is 14.7 Å². The third-order valence-corrected chi connectivity index (χ3v) is 7.34. The molecule has 11 nitrogen and oxygen atoms in total. The summed E-state index contributed by atoms with van der Waals surface area (Å²) in [5.74, 6) is 0.520. The topological polar surface area (TPSA) is 119 Å². The van der Waals surface area contributed by atoms with Crippen molar-refractivity contribution in [2.75, 3.05) is 79.0 Å². The van der Waals surface area contributed by atoms with Crippen molar-refractivity contribution >= 4 is 11.8 Å². The molecule has 0 radical (unpaired) electrons. The Morgan fingerprint density at radius 2 is 1.50 bits per heavy atom. The molecule has 2 aliphatic heterocycles. The van der Waals surface area contributed by atoms with Crippen LogP contribution in [0.4, 0.5) is 0 Å². The number of hydrogen-bond donors (Lipinski definition) is 2. The summed E-state index contributed by atoms with van der Waals surface area (Å²) in [6.45, 7) is 10.9. The minimum Gasteiger partial charge on any atom is -0.491 e. The predicted octanol–water partition coefficient (Wildman–Crippen LogP) is 0.401. The van der Waals surface area contributed by atoms with Crippen LogP contribution < -0.4 is 10.1 Å². The largest absolute Gasteiger partial charge is 0.491 e. The highest BCUT2D eigenvalue weighted by atomic mass is 16.5. The first kappa shape index (κ1) is 30.7. The van der Waals surface area contributed by atoms with Gasteiger partial charge in [-0.1, -0.05) is 12.1 Å². The Bertz CT molecular complexity index is 973. The number of nitrogens with zero attached hydrogens (tertiary/aromatic N) is 2. The SMILES string of the molecule is CC(C)(C)NCC(O)COc1cccc2c1C[C@H](OCC(=O)N1CCOCC1)[C@H](OCC(=O)N1CCOCC1)C2. The lowest BCUT2D eigenvalue weighted by Gasteiger charge is -2.35. The maximum atomic E-state index is 12.8. The van der Waals surface area contributed by atoms with Crippen molar-refractivity contribution in [2.24, 2.45) is 0 Å². The van der Waals surface area contributed by atoms with E-state index in [1.165, 1.54) is 0 Å². The van der Waals surface area contributed by atoms with Gasteiger partial charge in [0.05, 0.1) is 38.6 Å². The van der Waals surface area contributed by atoms with Gasteiger partial charge in [-0.2, -0.15) is 0 Å². The molecule has 1 unspecified atom stereocenters. The standard InChI is InChI=1S/C29H45N3O8/c1-29(2,3)30-17-22(33)18-38-24-6-4-5-21-15-25(39-19-27(34)31-7-11-36-12-8-31)26(16-23(21)24)40-20-28(35)32-9-13-37-14-10-32/h4-6,22,25-26,30,33H,7-20H2,1-3H3/t22?,25-,26+/m1/s1. The second-order valence-electron chi connectivity index (χ2n) is 11.6. The number of fused-ring (bicyclic) bond motifs is 1. The van der Waals surface area contributed by atoms with Crippen LogP contribution >= 0.6 is 0 Å². The Kier molecular flexibility index (Phi) is 11.2. The molecule has 1 aromatic carbocycles. The van der Waals surface area contributed by atoms with Gasteiger partial charge in [-0.05, 0) is 32.4 Å². The van der Waals surface area contributed by atoms with Crippen LogP contribution in [0.3, 0.4) is 0 Å². The molecule has 0 saturated carbocycles. The lowest BCUT2D eigenvalue weighted by Crippen LogP contribution is -2.47. The number of aliphatic hydroxyl groups excluding tert-OH is 1. The Labute approximate surface area is 237 Å². The fraction of sp³-hybridized carbons (Fsp3) is 0.724. The first-order valence-electron chi connectivity index (χ1n) is 14.3. The van der Waals surface area contributed by atoms with Gasteiger partial charge in [0.15, 0.2) is 0 Å². The molecule has 2 fully saturated rings. The summed E-state index contributed by atoms with van der Waals surface area (Å²) in [6.07, 6.45) is -0.513. The molecule has 0 bridgehead atoms. The van der Waals surface area contributed by atoms with E-state index in [1.54, 1.807) is 9.80 Å². The van der Waals surface area contributed by atoms with Crippen LogP contribution in [0, 0.1) is 0 Å². The third-order valence-electron chi connectivity index (χ3n) is 7.34. The highest BCUT2D eigenvalue weighted by molar-refractivity contribution is 5.78.